The van der Waals surface area contributed by atoms with Crippen LogP contribution < -0.4 is 4.90 Å². The molecule has 1 atom stereocenters. The van der Waals surface area contributed by atoms with E-state index in [-0.39, 0.29) is 11.2 Å². The van der Waals surface area contributed by atoms with Crippen molar-refractivity contribution in [1.29, 1.82) is 0 Å². The van der Waals surface area contributed by atoms with Crippen molar-refractivity contribution in [2.75, 3.05) is 44.4 Å². The fourth-order valence-corrected chi connectivity index (χ4v) is 5.37. The summed E-state index contributed by atoms with van der Waals surface area (Å²) < 4.78 is 32.7. The van der Waals surface area contributed by atoms with Crippen molar-refractivity contribution in [3.05, 3.63) is 17.0 Å². The summed E-state index contributed by atoms with van der Waals surface area (Å²) in [5.41, 5.74) is 2.55. The van der Waals surface area contributed by atoms with E-state index in [1.165, 1.54) is 0 Å². The zero-order chi connectivity index (χ0) is 18.2. The summed E-state index contributed by atoms with van der Waals surface area (Å²) in [7, 11) is 0.627. The first-order chi connectivity index (χ1) is 11.8. The molecule has 140 valence electrons. The Morgan fingerprint density at radius 1 is 1.32 bits per heavy atom. The molecule has 0 radical (unpaired) electrons. The lowest BCUT2D eigenvalue weighted by molar-refractivity contribution is 0.0526. The number of fused-ring (bicyclic) bond motifs is 2. The number of unbranched alkanes of at least 4 members (excludes halogenated alkanes) is 1. The fourth-order valence-electron chi connectivity index (χ4n) is 3.65. The minimum atomic E-state index is -3.21. The van der Waals surface area contributed by atoms with Crippen LogP contribution in [0.3, 0.4) is 0 Å². The van der Waals surface area contributed by atoms with Gasteiger partial charge in [0.1, 0.15) is 0 Å². The number of anilines is 1. The summed E-state index contributed by atoms with van der Waals surface area (Å²) >= 11 is 0. The largest absolute Gasteiger partial charge is 0.376 e. The molecule has 2 aliphatic heterocycles. The molecule has 1 aromatic rings. The van der Waals surface area contributed by atoms with Crippen molar-refractivity contribution >= 4 is 16.0 Å². The van der Waals surface area contributed by atoms with Crippen molar-refractivity contribution in [1.82, 2.24) is 14.3 Å². The predicted octanol–water partition coefficient (Wildman–Crippen LogP) is 1.45. The van der Waals surface area contributed by atoms with E-state index in [4.69, 9.17) is 9.72 Å². The topological polar surface area (TPSA) is 75.6 Å². The minimum Gasteiger partial charge on any atom is -0.376 e. The van der Waals surface area contributed by atoms with Gasteiger partial charge < -0.3 is 9.64 Å². The van der Waals surface area contributed by atoms with Crippen LogP contribution in [0.15, 0.2) is 0 Å². The van der Waals surface area contributed by atoms with E-state index in [2.05, 4.69) is 4.98 Å². The zero-order valence-corrected chi connectivity index (χ0v) is 16.4. The highest BCUT2D eigenvalue weighted by Gasteiger charge is 2.48. The summed E-state index contributed by atoms with van der Waals surface area (Å²) in [6.07, 6.45) is 2.32. The van der Waals surface area contributed by atoms with Gasteiger partial charge in [-0.3, -0.25) is 0 Å². The van der Waals surface area contributed by atoms with Crippen LogP contribution in [-0.2, 0) is 26.8 Å². The van der Waals surface area contributed by atoms with Gasteiger partial charge in [0, 0.05) is 38.4 Å². The van der Waals surface area contributed by atoms with Crippen molar-refractivity contribution < 1.29 is 13.2 Å². The second-order valence-electron chi connectivity index (χ2n) is 7.36. The smallest absolute Gasteiger partial charge is 0.225 e. The molecule has 0 N–H and O–H groups in total. The zero-order valence-electron chi connectivity index (χ0n) is 15.6. The minimum absolute atomic E-state index is 0.221. The summed E-state index contributed by atoms with van der Waals surface area (Å²) in [6.45, 7) is 5.99. The second-order valence-corrected chi connectivity index (χ2v) is 9.45. The maximum Gasteiger partial charge on any atom is 0.225 e. The maximum absolute atomic E-state index is 12.6. The van der Waals surface area contributed by atoms with Crippen LogP contribution in [0.25, 0.3) is 0 Å². The Morgan fingerprint density at radius 3 is 2.76 bits per heavy atom. The predicted molar refractivity (Wildman–Crippen MR) is 97.3 cm³/mol. The van der Waals surface area contributed by atoms with Crippen LogP contribution in [0.4, 0.5) is 5.95 Å². The fraction of sp³-hybridized carbons (Fsp3) is 0.765. The highest BCUT2D eigenvalue weighted by molar-refractivity contribution is 7.89. The number of rotatable bonds is 5. The van der Waals surface area contributed by atoms with Gasteiger partial charge in [-0.05, 0) is 19.8 Å². The van der Waals surface area contributed by atoms with Gasteiger partial charge >= 0.3 is 0 Å². The second kappa shape index (κ2) is 6.81. The monoisotopic (exact) mass is 368 g/mol. The van der Waals surface area contributed by atoms with Gasteiger partial charge in [-0.1, -0.05) is 13.3 Å². The lowest BCUT2D eigenvalue weighted by Crippen LogP contribution is -2.42. The van der Waals surface area contributed by atoms with Crippen molar-refractivity contribution in [2.45, 2.75) is 45.1 Å². The third-order valence-electron chi connectivity index (χ3n) is 5.20. The number of hydrogen-bond acceptors (Lipinski definition) is 6. The van der Waals surface area contributed by atoms with Crippen LogP contribution in [0.5, 0.6) is 0 Å². The van der Waals surface area contributed by atoms with E-state index < -0.39 is 10.0 Å². The Bertz CT molecular complexity index is 751. The van der Waals surface area contributed by atoms with Crippen molar-refractivity contribution in [2.24, 2.45) is 0 Å². The van der Waals surface area contributed by atoms with E-state index in [0.29, 0.717) is 38.7 Å². The summed E-state index contributed by atoms with van der Waals surface area (Å²) in [4.78, 5) is 11.2. The van der Waals surface area contributed by atoms with Gasteiger partial charge in [-0.15, -0.1) is 0 Å². The van der Waals surface area contributed by atoms with Gasteiger partial charge in [-0.25, -0.2) is 22.7 Å². The Hall–Kier alpha value is -1.25. The van der Waals surface area contributed by atoms with E-state index in [1.807, 2.05) is 32.8 Å². The lowest BCUT2D eigenvalue weighted by atomic mass is 9.80. The molecule has 3 heterocycles. The molecule has 2 aliphatic rings. The molecule has 0 saturated carbocycles. The van der Waals surface area contributed by atoms with E-state index in [1.54, 1.807) is 4.31 Å². The Kier molecular flexibility index (Phi) is 5.05. The molecule has 0 aromatic carbocycles. The quantitative estimate of drug-likeness (QED) is 0.783. The molecule has 1 saturated heterocycles. The molecule has 8 heteroatoms. The van der Waals surface area contributed by atoms with Gasteiger partial charge in [0.2, 0.25) is 16.0 Å². The molecule has 1 unspecified atom stereocenters. The first-order valence-electron chi connectivity index (χ1n) is 8.90. The van der Waals surface area contributed by atoms with Gasteiger partial charge in [0.05, 0.1) is 30.1 Å². The van der Waals surface area contributed by atoms with Crippen LogP contribution >= 0.6 is 0 Å². The molecular formula is C17H28N4O3S. The molecular weight excluding hydrogens is 340 g/mol. The first-order valence-corrected chi connectivity index (χ1v) is 10.5. The Morgan fingerprint density at radius 2 is 2.08 bits per heavy atom. The van der Waals surface area contributed by atoms with Crippen LogP contribution in [0, 0.1) is 6.92 Å². The molecule has 1 fully saturated rings. The van der Waals surface area contributed by atoms with Crippen molar-refractivity contribution in [3.8, 4) is 0 Å². The average Bonchev–Trinajstić information content (AvgIpc) is 2.99. The number of sulfonamides is 1. The van der Waals surface area contributed by atoms with E-state index >= 15 is 0 Å². The molecule has 0 bridgehead atoms. The highest BCUT2D eigenvalue weighted by atomic mass is 32.2. The van der Waals surface area contributed by atoms with E-state index in [9.17, 15) is 8.42 Å². The molecule has 7 nitrogen and oxygen atoms in total. The first kappa shape index (κ1) is 18.5. The number of nitrogens with zero attached hydrogens (tertiary/aromatic N) is 4. The van der Waals surface area contributed by atoms with Crippen molar-refractivity contribution in [3.63, 3.8) is 0 Å². The molecule has 0 aliphatic carbocycles. The summed E-state index contributed by atoms with van der Waals surface area (Å²) in [5.74, 6) is 0.892. The average molecular weight is 369 g/mol. The number of aromatic nitrogens is 2. The van der Waals surface area contributed by atoms with Gasteiger partial charge in [-0.2, -0.15) is 0 Å². The number of aryl methyl sites for hydroxylation is 1. The normalized spacial score (nSPS) is 23.8. The standard InChI is InChI=1S/C17H28N4O3S/c1-5-6-9-25(22,23)21-8-7-17(11-21)12-24-10-14-13(2)18-16(20(3)4)19-15(14)17/h5-12H2,1-4H3. The lowest BCUT2D eigenvalue weighted by Gasteiger charge is -2.35. The third kappa shape index (κ3) is 3.39. The SMILES string of the molecule is CCCCS(=O)(=O)N1CCC2(COCc3c(C)nc(N(C)C)nc32)C1. The van der Waals surface area contributed by atoms with Crippen LogP contribution in [0.2, 0.25) is 0 Å². The Balaban J connectivity index is 1.95. The molecule has 1 aromatic heterocycles. The van der Waals surface area contributed by atoms with Crippen LogP contribution in [0.1, 0.15) is 43.1 Å². The van der Waals surface area contributed by atoms with Crippen LogP contribution in [-0.4, -0.2) is 62.2 Å². The Labute approximate surface area is 150 Å². The number of ether oxygens (including phenoxy) is 1. The third-order valence-corrected chi connectivity index (χ3v) is 7.10. The van der Waals surface area contributed by atoms with Gasteiger partial charge in [0.25, 0.3) is 0 Å². The summed E-state index contributed by atoms with van der Waals surface area (Å²) in [5, 5.41) is 0. The maximum atomic E-state index is 12.6. The van der Waals surface area contributed by atoms with E-state index in [0.717, 1.165) is 29.8 Å². The number of hydrogen-bond donors (Lipinski definition) is 0. The highest BCUT2D eigenvalue weighted by Crippen LogP contribution is 2.41. The molecule has 25 heavy (non-hydrogen) atoms. The molecule has 0 amide bonds. The molecule has 3 rings (SSSR count). The summed E-state index contributed by atoms with van der Waals surface area (Å²) in [6, 6.07) is 0. The molecule has 1 spiro atoms. The van der Waals surface area contributed by atoms with Gasteiger partial charge in [0.15, 0.2) is 0 Å².